The van der Waals surface area contributed by atoms with Crippen molar-refractivity contribution in [2.75, 3.05) is 53.9 Å². The Bertz CT molecular complexity index is 461. The molecule has 122 valence electrons. The van der Waals surface area contributed by atoms with Gasteiger partial charge in [0.25, 0.3) is 0 Å². The number of amides is 1. The first-order valence-electron chi connectivity index (χ1n) is 8.22. The zero-order valence-electron chi connectivity index (χ0n) is 14.2. The molecule has 0 N–H and O–H groups in total. The molecule has 0 radical (unpaired) electrons. The quantitative estimate of drug-likeness (QED) is 0.826. The Morgan fingerprint density at radius 1 is 1.18 bits per heavy atom. The van der Waals surface area contributed by atoms with E-state index in [-0.39, 0.29) is 11.8 Å². The average molecular weight is 303 g/mol. The molecule has 0 bridgehead atoms. The highest BCUT2D eigenvalue weighted by atomic mass is 16.2. The van der Waals surface area contributed by atoms with Crippen molar-refractivity contribution in [1.82, 2.24) is 14.7 Å². The molecule has 4 heteroatoms. The van der Waals surface area contributed by atoms with Gasteiger partial charge in [0.05, 0.1) is 5.92 Å². The van der Waals surface area contributed by atoms with Crippen LogP contribution in [0.1, 0.15) is 12.0 Å². The Balaban J connectivity index is 1.85. The van der Waals surface area contributed by atoms with Crippen molar-refractivity contribution in [3.63, 3.8) is 0 Å². The van der Waals surface area contributed by atoms with Crippen molar-refractivity contribution in [2.45, 2.75) is 12.8 Å². The van der Waals surface area contributed by atoms with E-state index in [9.17, 15) is 4.79 Å². The highest BCUT2D eigenvalue weighted by molar-refractivity contribution is 5.78. The first-order valence-corrected chi connectivity index (χ1v) is 8.22. The van der Waals surface area contributed by atoms with E-state index >= 15 is 0 Å². The van der Waals surface area contributed by atoms with Crippen LogP contribution in [0.5, 0.6) is 0 Å². The number of nitrogens with zero attached hydrogens (tertiary/aromatic N) is 3. The fourth-order valence-corrected chi connectivity index (χ4v) is 3.12. The van der Waals surface area contributed by atoms with Crippen LogP contribution in [0.15, 0.2) is 30.3 Å². The van der Waals surface area contributed by atoms with Crippen molar-refractivity contribution in [3.8, 4) is 0 Å². The molecule has 22 heavy (non-hydrogen) atoms. The van der Waals surface area contributed by atoms with E-state index < -0.39 is 0 Å². The molecular formula is C18H29N3O. The molecule has 0 spiro atoms. The van der Waals surface area contributed by atoms with Crippen LogP contribution in [0.25, 0.3) is 0 Å². The molecule has 1 fully saturated rings. The molecule has 1 atom stereocenters. The summed E-state index contributed by atoms with van der Waals surface area (Å²) in [6.07, 6.45) is 2.26. The van der Waals surface area contributed by atoms with E-state index in [1.807, 2.05) is 14.1 Å². The fourth-order valence-electron chi connectivity index (χ4n) is 3.12. The molecule has 1 aromatic rings. The third-order valence-electron chi connectivity index (χ3n) is 4.38. The van der Waals surface area contributed by atoms with Crippen LogP contribution >= 0.6 is 0 Å². The SMILES string of the molecule is CN1CCN(CCCc2ccccc2)C[C@H](C(=O)N(C)C)C1. The summed E-state index contributed by atoms with van der Waals surface area (Å²) in [5.41, 5.74) is 1.40. The van der Waals surface area contributed by atoms with Crippen LogP contribution in [0.2, 0.25) is 0 Å². The second-order valence-corrected chi connectivity index (χ2v) is 6.58. The lowest BCUT2D eigenvalue weighted by Gasteiger charge is -2.25. The Hall–Kier alpha value is -1.39. The number of hydrogen-bond donors (Lipinski definition) is 0. The molecular weight excluding hydrogens is 274 g/mol. The minimum atomic E-state index is 0.0965. The maximum atomic E-state index is 12.3. The van der Waals surface area contributed by atoms with E-state index in [0.717, 1.165) is 45.6 Å². The largest absolute Gasteiger partial charge is 0.348 e. The van der Waals surface area contributed by atoms with E-state index in [0.29, 0.717) is 0 Å². The second kappa shape index (κ2) is 8.30. The van der Waals surface area contributed by atoms with Gasteiger partial charge in [0, 0.05) is 40.3 Å². The van der Waals surface area contributed by atoms with Crippen molar-refractivity contribution in [1.29, 1.82) is 0 Å². The van der Waals surface area contributed by atoms with Gasteiger partial charge in [-0.1, -0.05) is 30.3 Å². The van der Waals surface area contributed by atoms with Crippen molar-refractivity contribution < 1.29 is 4.79 Å². The predicted molar refractivity (Wildman–Crippen MR) is 90.9 cm³/mol. The van der Waals surface area contributed by atoms with Gasteiger partial charge in [0.15, 0.2) is 0 Å². The summed E-state index contributed by atoms with van der Waals surface area (Å²) >= 11 is 0. The number of carbonyl (C=O) groups excluding carboxylic acids is 1. The third-order valence-corrected chi connectivity index (χ3v) is 4.38. The molecule has 1 aliphatic rings. The lowest BCUT2D eigenvalue weighted by atomic mass is 10.1. The van der Waals surface area contributed by atoms with Gasteiger partial charge in [-0.15, -0.1) is 0 Å². The van der Waals surface area contributed by atoms with Gasteiger partial charge in [0.2, 0.25) is 5.91 Å². The van der Waals surface area contributed by atoms with Crippen LogP contribution in [0, 0.1) is 5.92 Å². The molecule has 1 aliphatic heterocycles. The standard InChI is InChI=1S/C18H29N3O/c1-19(2)18(22)17-14-20(3)12-13-21(15-17)11-7-10-16-8-5-4-6-9-16/h4-6,8-9,17H,7,10-15H2,1-3H3/t17-/m1/s1. The first kappa shape index (κ1) is 17.0. The molecule has 1 heterocycles. The minimum Gasteiger partial charge on any atom is -0.348 e. The van der Waals surface area contributed by atoms with Crippen LogP contribution in [0.4, 0.5) is 0 Å². The minimum absolute atomic E-state index is 0.0965. The normalized spacial score (nSPS) is 20.6. The number of hydrogen-bond acceptors (Lipinski definition) is 3. The predicted octanol–water partition coefficient (Wildman–Crippen LogP) is 1.57. The van der Waals surface area contributed by atoms with Gasteiger partial charge in [-0.3, -0.25) is 4.79 Å². The topological polar surface area (TPSA) is 26.8 Å². The van der Waals surface area contributed by atoms with E-state index in [2.05, 4.69) is 47.2 Å². The summed E-state index contributed by atoms with van der Waals surface area (Å²) in [6, 6.07) is 10.6. The number of rotatable bonds is 5. The van der Waals surface area contributed by atoms with Gasteiger partial charge in [-0.25, -0.2) is 0 Å². The first-order chi connectivity index (χ1) is 10.6. The molecule has 1 saturated heterocycles. The number of likely N-dealkylation sites (N-methyl/N-ethyl adjacent to an activating group) is 1. The average Bonchev–Trinajstić information content (AvgIpc) is 2.69. The van der Waals surface area contributed by atoms with E-state index in [1.165, 1.54) is 5.56 Å². The summed E-state index contributed by atoms with van der Waals surface area (Å²) in [7, 11) is 5.82. The van der Waals surface area contributed by atoms with Crippen LogP contribution in [0.3, 0.4) is 0 Å². The summed E-state index contributed by atoms with van der Waals surface area (Å²) in [5.74, 6) is 0.348. The lowest BCUT2D eigenvalue weighted by molar-refractivity contribution is -0.133. The fraction of sp³-hybridized carbons (Fsp3) is 0.611. The van der Waals surface area contributed by atoms with Crippen molar-refractivity contribution in [3.05, 3.63) is 35.9 Å². The van der Waals surface area contributed by atoms with Crippen LogP contribution < -0.4 is 0 Å². The van der Waals surface area contributed by atoms with Crippen molar-refractivity contribution >= 4 is 5.91 Å². The lowest BCUT2D eigenvalue weighted by Crippen LogP contribution is -2.40. The van der Waals surface area contributed by atoms with Crippen LogP contribution in [-0.2, 0) is 11.2 Å². The Morgan fingerprint density at radius 2 is 1.91 bits per heavy atom. The highest BCUT2D eigenvalue weighted by Crippen LogP contribution is 2.12. The molecule has 0 aliphatic carbocycles. The van der Waals surface area contributed by atoms with Gasteiger partial charge in [0.1, 0.15) is 0 Å². The number of carbonyl (C=O) groups is 1. The summed E-state index contributed by atoms with van der Waals surface area (Å²) < 4.78 is 0. The van der Waals surface area contributed by atoms with Gasteiger partial charge >= 0.3 is 0 Å². The summed E-state index contributed by atoms with van der Waals surface area (Å²) in [4.78, 5) is 18.8. The second-order valence-electron chi connectivity index (χ2n) is 6.58. The number of benzene rings is 1. The van der Waals surface area contributed by atoms with Gasteiger partial charge in [-0.05, 0) is 32.0 Å². The summed E-state index contributed by atoms with van der Waals surface area (Å²) in [6.45, 7) is 4.92. The zero-order chi connectivity index (χ0) is 15.9. The Labute approximate surface area is 134 Å². The molecule has 0 unspecified atom stereocenters. The zero-order valence-corrected chi connectivity index (χ0v) is 14.2. The molecule has 4 nitrogen and oxygen atoms in total. The van der Waals surface area contributed by atoms with E-state index in [4.69, 9.17) is 0 Å². The summed E-state index contributed by atoms with van der Waals surface area (Å²) in [5, 5.41) is 0. The van der Waals surface area contributed by atoms with Crippen molar-refractivity contribution in [2.24, 2.45) is 5.92 Å². The smallest absolute Gasteiger partial charge is 0.227 e. The molecule has 1 aromatic carbocycles. The molecule has 1 amide bonds. The van der Waals surface area contributed by atoms with Gasteiger partial charge < -0.3 is 14.7 Å². The van der Waals surface area contributed by atoms with Crippen LogP contribution in [-0.4, -0.2) is 74.5 Å². The van der Waals surface area contributed by atoms with Gasteiger partial charge in [-0.2, -0.15) is 0 Å². The monoisotopic (exact) mass is 303 g/mol. The number of aryl methyl sites for hydroxylation is 1. The third kappa shape index (κ3) is 5.11. The molecule has 2 rings (SSSR count). The van der Waals surface area contributed by atoms with E-state index in [1.54, 1.807) is 4.90 Å². The maximum absolute atomic E-state index is 12.3. The molecule has 0 aromatic heterocycles. The highest BCUT2D eigenvalue weighted by Gasteiger charge is 2.27. The maximum Gasteiger partial charge on any atom is 0.227 e. The Kier molecular flexibility index (Phi) is 6.40. The Morgan fingerprint density at radius 3 is 2.59 bits per heavy atom. The molecule has 0 saturated carbocycles.